The summed E-state index contributed by atoms with van der Waals surface area (Å²) in [5, 5.41) is 2.28. The van der Waals surface area contributed by atoms with Crippen molar-refractivity contribution in [3.8, 4) is 0 Å². The van der Waals surface area contributed by atoms with Crippen LogP contribution in [0.5, 0.6) is 0 Å². The van der Waals surface area contributed by atoms with Crippen molar-refractivity contribution < 1.29 is 86.6 Å². The van der Waals surface area contributed by atoms with Gasteiger partial charge < -0.3 is 37.2 Å². The van der Waals surface area contributed by atoms with Crippen LogP contribution in [0, 0.1) is 49.4 Å². The number of pyridine rings is 2. The number of rotatable bonds is 0. The normalized spacial score (nSPS) is 8.44. The number of hydrogen-bond donors (Lipinski definition) is 0. The second-order valence-electron chi connectivity index (χ2n) is 3.22. The minimum atomic E-state index is 0. The Morgan fingerprint density at radius 3 is 1.39 bits per heavy atom. The van der Waals surface area contributed by atoms with Crippen LogP contribution in [0.15, 0.2) is 48.8 Å². The van der Waals surface area contributed by atoms with Gasteiger partial charge in [0.05, 0.1) is 11.0 Å². The topological polar surface area (TPSA) is 25.8 Å². The quantitative estimate of drug-likeness (QED) is 0.327. The van der Waals surface area contributed by atoms with Crippen molar-refractivity contribution in [2.75, 3.05) is 0 Å². The first-order valence-electron chi connectivity index (χ1n) is 4.53. The summed E-state index contributed by atoms with van der Waals surface area (Å²) in [4.78, 5) is 8.69. The maximum Gasteiger partial charge on any atom is 3.00 e. The molecule has 0 amide bonds. The summed E-state index contributed by atoms with van der Waals surface area (Å²) in [5.74, 6) is 0. The van der Waals surface area contributed by atoms with Crippen molar-refractivity contribution in [1.29, 1.82) is 0 Å². The molecule has 3 rings (SSSR count). The smallest absolute Gasteiger partial charge is 1.00 e. The van der Waals surface area contributed by atoms with Gasteiger partial charge in [-0.1, -0.05) is 24.3 Å². The van der Waals surface area contributed by atoms with Crippen LogP contribution < -0.4 is 37.2 Å². The predicted molar refractivity (Wildman–Crippen MR) is 57.0 cm³/mol. The van der Waals surface area contributed by atoms with Crippen LogP contribution in [-0.2, 0) is 0 Å². The molecule has 0 spiro atoms. The number of fused-ring (bicyclic) bond motifs is 3. The molecule has 94 valence electrons. The average molecular weight is 439 g/mol. The first-order chi connectivity index (χ1) is 6.95. The molecule has 6 heteroatoms. The van der Waals surface area contributed by atoms with Crippen LogP contribution in [-0.4, -0.2) is 9.97 Å². The average Bonchev–Trinajstić information content (AvgIpc) is 2.29. The number of nitrogens with zero attached hydrogens (tertiary/aromatic N) is 2. The molecule has 0 saturated heterocycles. The van der Waals surface area contributed by atoms with Crippen molar-refractivity contribution in [3.63, 3.8) is 0 Å². The minimum Gasteiger partial charge on any atom is -1.00 e. The van der Waals surface area contributed by atoms with Gasteiger partial charge in [0.2, 0.25) is 0 Å². The fourth-order valence-corrected chi connectivity index (χ4v) is 1.68. The molecule has 0 saturated carbocycles. The zero-order valence-electron chi connectivity index (χ0n) is 9.03. The molecule has 0 fully saturated rings. The first-order valence-corrected chi connectivity index (χ1v) is 4.53. The van der Waals surface area contributed by atoms with Gasteiger partial charge in [0.15, 0.2) is 0 Å². The SMILES string of the molecule is [Cl-].[Cl-].[Cl-].[Eu+3].c1cnc2c(c1)ccc1cccnc12. The molecule has 2 nitrogen and oxygen atoms in total. The van der Waals surface area contributed by atoms with E-state index < -0.39 is 0 Å². The fraction of sp³-hybridized carbons (Fsp3) is 0. The van der Waals surface area contributed by atoms with Crippen molar-refractivity contribution in [1.82, 2.24) is 9.97 Å². The van der Waals surface area contributed by atoms with E-state index >= 15 is 0 Å². The monoisotopic (exact) mass is 438 g/mol. The molecule has 0 aliphatic carbocycles. The van der Waals surface area contributed by atoms with Gasteiger partial charge in [-0.15, -0.1) is 0 Å². The number of benzene rings is 1. The zero-order chi connectivity index (χ0) is 9.38. The van der Waals surface area contributed by atoms with E-state index in [1.165, 1.54) is 0 Å². The van der Waals surface area contributed by atoms with Gasteiger partial charge in [-0.3, -0.25) is 9.97 Å². The first kappa shape index (κ1) is 20.8. The molecule has 0 bridgehead atoms. The Kier molecular flexibility index (Phi) is 10.9. The maximum atomic E-state index is 4.35. The molecule has 0 aliphatic rings. The Morgan fingerprint density at radius 1 is 0.611 bits per heavy atom. The van der Waals surface area contributed by atoms with Crippen LogP contribution in [0.1, 0.15) is 0 Å². The van der Waals surface area contributed by atoms with E-state index in [1.807, 2.05) is 12.1 Å². The molecule has 2 aromatic heterocycles. The van der Waals surface area contributed by atoms with Crippen LogP contribution >= 0.6 is 0 Å². The van der Waals surface area contributed by atoms with Gasteiger partial charge in [0.25, 0.3) is 0 Å². The van der Waals surface area contributed by atoms with E-state index in [-0.39, 0.29) is 86.6 Å². The molecule has 1 aromatic carbocycles. The van der Waals surface area contributed by atoms with Crippen LogP contribution in [0.2, 0.25) is 0 Å². The summed E-state index contributed by atoms with van der Waals surface area (Å²) in [7, 11) is 0. The predicted octanol–water partition coefficient (Wildman–Crippen LogP) is -6.21. The Morgan fingerprint density at radius 2 is 1.00 bits per heavy atom. The van der Waals surface area contributed by atoms with Crippen molar-refractivity contribution in [2.45, 2.75) is 0 Å². The van der Waals surface area contributed by atoms with Gasteiger partial charge in [-0.2, -0.15) is 0 Å². The van der Waals surface area contributed by atoms with Crippen LogP contribution in [0.25, 0.3) is 21.8 Å². The van der Waals surface area contributed by atoms with E-state index in [4.69, 9.17) is 0 Å². The summed E-state index contributed by atoms with van der Waals surface area (Å²) in [5.41, 5.74) is 1.95. The summed E-state index contributed by atoms with van der Waals surface area (Å²) in [6.07, 6.45) is 3.60. The van der Waals surface area contributed by atoms with Gasteiger partial charge >= 0.3 is 49.4 Å². The summed E-state index contributed by atoms with van der Waals surface area (Å²) in [6, 6.07) is 12.1. The molecule has 0 aliphatic heterocycles. The molecule has 3 aromatic rings. The largest absolute Gasteiger partial charge is 3.00 e. The molecular formula is C12H8Cl3EuN2. The number of aromatic nitrogens is 2. The Balaban J connectivity index is 0. The third-order valence-electron chi connectivity index (χ3n) is 2.34. The molecule has 0 N–H and O–H groups in total. The molecule has 2 heterocycles. The Bertz CT molecular complexity index is 564. The number of halogens is 3. The van der Waals surface area contributed by atoms with E-state index in [1.54, 1.807) is 12.4 Å². The van der Waals surface area contributed by atoms with Crippen LogP contribution in [0.3, 0.4) is 0 Å². The third kappa shape index (κ3) is 3.99. The number of hydrogen-bond acceptors (Lipinski definition) is 2. The Hall–Kier alpha value is 0.494. The van der Waals surface area contributed by atoms with Gasteiger partial charge in [-0.05, 0) is 12.1 Å². The third-order valence-corrected chi connectivity index (χ3v) is 2.34. The minimum absolute atomic E-state index is 0. The van der Waals surface area contributed by atoms with Crippen molar-refractivity contribution in [3.05, 3.63) is 48.8 Å². The summed E-state index contributed by atoms with van der Waals surface area (Å²) < 4.78 is 0. The van der Waals surface area contributed by atoms with Gasteiger partial charge in [-0.25, -0.2) is 0 Å². The van der Waals surface area contributed by atoms with E-state index in [0.29, 0.717) is 0 Å². The van der Waals surface area contributed by atoms with Gasteiger partial charge in [0, 0.05) is 23.2 Å². The van der Waals surface area contributed by atoms with E-state index in [2.05, 4.69) is 34.2 Å². The summed E-state index contributed by atoms with van der Waals surface area (Å²) in [6.45, 7) is 0. The molecular weight excluding hydrogens is 430 g/mol. The van der Waals surface area contributed by atoms with Crippen molar-refractivity contribution in [2.24, 2.45) is 0 Å². The maximum absolute atomic E-state index is 4.35. The van der Waals surface area contributed by atoms with Crippen molar-refractivity contribution >= 4 is 21.8 Å². The zero-order valence-corrected chi connectivity index (χ0v) is 13.7. The standard InChI is InChI=1S/C12H8N2.3ClH.Eu/c1-3-9-5-6-10-4-2-8-14-12(10)11(9)13-7-1;;;;/h1-8H;3*1H;/q;;;;+3/p-3. The van der Waals surface area contributed by atoms with Crippen LogP contribution in [0.4, 0.5) is 0 Å². The van der Waals surface area contributed by atoms with E-state index in [9.17, 15) is 0 Å². The Labute approximate surface area is 165 Å². The second-order valence-corrected chi connectivity index (χ2v) is 3.22. The van der Waals surface area contributed by atoms with Gasteiger partial charge in [0.1, 0.15) is 0 Å². The summed E-state index contributed by atoms with van der Waals surface area (Å²) >= 11 is 0. The molecule has 0 atom stereocenters. The molecule has 0 unspecified atom stereocenters. The molecule has 18 heavy (non-hydrogen) atoms. The molecule has 0 radical (unpaired) electrons. The van der Waals surface area contributed by atoms with E-state index in [0.717, 1.165) is 21.8 Å². The fourth-order valence-electron chi connectivity index (χ4n) is 1.68. The second kappa shape index (κ2) is 9.41.